The number of hydrogen-bond acceptors (Lipinski definition) is 3. The van der Waals surface area contributed by atoms with Crippen molar-refractivity contribution in [2.24, 2.45) is 10.7 Å². The lowest BCUT2D eigenvalue weighted by atomic mass is 10.1. The van der Waals surface area contributed by atoms with Gasteiger partial charge in [-0.3, -0.25) is 9.59 Å². The predicted molar refractivity (Wildman–Crippen MR) is 102 cm³/mol. The zero-order chi connectivity index (χ0) is 20.3. The summed E-state index contributed by atoms with van der Waals surface area (Å²) in [7, 11) is 0. The molecule has 0 bridgehead atoms. The number of carbonyl (C=O) groups excluding carboxylic acids is 2. The Balaban J connectivity index is 1.97. The summed E-state index contributed by atoms with van der Waals surface area (Å²) in [4.78, 5) is 25.7. The summed E-state index contributed by atoms with van der Waals surface area (Å²) in [5, 5.41) is 0. The van der Waals surface area contributed by atoms with Crippen molar-refractivity contribution in [3.8, 4) is 11.1 Å². The maximum atomic E-state index is 13.4. The van der Waals surface area contributed by atoms with Gasteiger partial charge >= 0.3 is 6.18 Å². The van der Waals surface area contributed by atoms with Crippen LogP contribution in [0.1, 0.15) is 30.5 Å². The molecule has 0 aliphatic rings. The molecule has 2 N–H and O–H groups in total. The molecular formula is C20H13F3N2O2S. The minimum atomic E-state index is -4.60. The van der Waals surface area contributed by atoms with E-state index in [1.165, 1.54) is 42.5 Å². The number of aldehydes is 1. The molecule has 1 heterocycles. The van der Waals surface area contributed by atoms with Gasteiger partial charge in [0.05, 0.1) is 4.88 Å². The maximum Gasteiger partial charge on any atom is 0.426 e. The summed E-state index contributed by atoms with van der Waals surface area (Å²) < 4.78 is 40.3. The molecule has 0 aliphatic carbocycles. The number of amides is 1. The van der Waals surface area contributed by atoms with Gasteiger partial charge in [0.25, 0.3) is 5.91 Å². The summed E-state index contributed by atoms with van der Waals surface area (Å²) in [5.41, 5.74) is 6.87. The van der Waals surface area contributed by atoms with Crippen molar-refractivity contribution < 1.29 is 22.8 Å². The number of hydrogen-bond donors (Lipinski definition) is 1. The highest BCUT2D eigenvalue weighted by Gasteiger charge is 2.37. The fraction of sp³-hybridized carbons (Fsp3) is 0.0500. The highest BCUT2D eigenvalue weighted by Crippen LogP contribution is 2.42. The minimum absolute atomic E-state index is 0.0782. The molecule has 3 aromatic rings. The van der Waals surface area contributed by atoms with Crippen LogP contribution in [-0.2, 0) is 6.18 Å². The second kappa shape index (κ2) is 7.77. The molecule has 28 heavy (non-hydrogen) atoms. The van der Waals surface area contributed by atoms with Crippen molar-refractivity contribution in [1.82, 2.24) is 0 Å². The molecule has 0 unspecified atom stereocenters. The van der Waals surface area contributed by atoms with E-state index in [0.29, 0.717) is 34.3 Å². The van der Waals surface area contributed by atoms with E-state index in [1.54, 1.807) is 18.2 Å². The summed E-state index contributed by atoms with van der Waals surface area (Å²) >= 11 is 0.329. The first-order valence-electron chi connectivity index (χ1n) is 8.00. The fourth-order valence-corrected chi connectivity index (χ4v) is 3.43. The first-order chi connectivity index (χ1) is 13.3. The number of nitrogens with zero attached hydrogens (tertiary/aromatic N) is 1. The molecule has 0 radical (unpaired) electrons. The second-order valence-electron chi connectivity index (χ2n) is 5.76. The number of amidine groups is 1. The Bertz CT molecular complexity index is 1040. The molecule has 0 saturated heterocycles. The third-order valence-corrected chi connectivity index (χ3v) is 5.02. The van der Waals surface area contributed by atoms with Gasteiger partial charge in [0, 0.05) is 16.7 Å². The zero-order valence-electron chi connectivity index (χ0n) is 14.2. The number of carbonyl (C=O) groups is 2. The molecule has 1 amide bonds. The van der Waals surface area contributed by atoms with Crippen LogP contribution in [0.25, 0.3) is 11.1 Å². The largest absolute Gasteiger partial charge is 0.426 e. The van der Waals surface area contributed by atoms with Crippen molar-refractivity contribution in [2.45, 2.75) is 6.18 Å². The molecule has 2 aromatic carbocycles. The second-order valence-corrected chi connectivity index (χ2v) is 6.81. The van der Waals surface area contributed by atoms with Crippen molar-refractivity contribution in [2.75, 3.05) is 0 Å². The van der Waals surface area contributed by atoms with Gasteiger partial charge < -0.3 is 5.73 Å². The Morgan fingerprint density at radius 2 is 1.68 bits per heavy atom. The highest BCUT2D eigenvalue weighted by molar-refractivity contribution is 7.14. The SMILES string of the molecule is NC(=NC(=O)c1cc(-c2ccccc2)c(C(F)(F)F)s1)c1ccc(C=O)cc1. The van der Waals surface area contributed by atoms with Gasteiger partial charge in [0.2, 0.25) is 0 Å². The molecule has 142 valence electrons. The molecule has 3 rings (SSSR count). The number of thiophene rings is 1. The van der Waals surface area contributed by atoms with Crippen molar-refractivity contribution in [3.05, 3.63) is 81.5 Å². The van der Waals surface area contributed by atoms with Crippen LogP contribution in [-0.4, -0.2) is 18.0 Å². The van der Waals surface area contributed by atoms with Crippen LogP contribution in [0.15, 0.2) is 65.7 Å². The summed E-state index contributed by atoms with van der Waals surface area (Å²) in [5.74, 6) is -1.01. The van der Waals surface area contributed by atoms with E-state index in [1.807, 2.05) is 0 Å². The zero-order valence-corrected chi connectivity index (χ0v) is 15.1. The van der Waals surface area contributed by atoms with Gasteiger partial charge in [-0.1, -0.05) is 54.6 Å². The molecule has 0 fully saturated rings. The monoisotopic (exact) mass is 402 g/mol. The van der Waals surface area contributed by atoms with E-state index >= 15 is 0 Å². The number of aliphatic imine (C=N–C) groups is 1. The maximum absolute atomic E-state index is 13.4. The number of nitrogens with two attached hydrogens (primary N) is 1. The van der Waals surface area contributed by atoms with Crippen LogP contribution in [0.4, 0.5) is 13.2 Å². The molecule has 0 aliphatic heterocycles. The Morgan fingerprint density at radius 3 is 2.25 bits per heavy atom. The molecular weight excluding hydrogens is 389 g/mol. The van der Waals surface area contributed by atoms with E-state index in [-0.39, 0.29) is 16.3 Å². The topological polar surface area (TPSA) is 72.5 Å². The standard InChI is InChI=1S/C20H13F3N2O2S/c21-20(22,23)17-15(13-4-2-1-3-5-13)10-16(28-17)19(27)25-18(24)14-8-6-12(11-26)7-9-14/h1-11H,(H2,24,25,27). The summed E-state index contributed by atoms with van der Waals surface area (Å²) in [6.07, 6.45) is -3.95. The van der Waals surface area contributed by atoms with Crippen LogP contribution >= 0.6 is 11.3 Å². The van der Waals surface area contributed by atoms with Gasteiger partial charge in [-0.25, -0.2) is 0 Å². The molecule has 0 atom stereocenters. The van der Waals surface area contributed by atoms with E-state index < -0.39 is 17.0 Å². The van der Waals surface area contributed by atoms with Crippen molar-refractivity contribution >= 4 is 29.4 Å². The predicted octanol–water partition coefficient (Wildman–Crippen LogP) is 4.79. The van der Waals surface area contributed by atoms with Gasteiger partial charge in [-0.05, 0) is 11.6 Å². The average Bonchev–Trinajstić information content (AvgIpc) is 3.15. The minimum Gasteiger partial charge on any atom is -0.383 e. The van der Waals surface area contributed by atoms with Gasteiger partial charge in [0.1, 0.15) is 17.0 Å². The van der Waals surface area contributed by atoms with E-state index in [4.69, 9.17) is 5.73 Å². The lowest BCUT2D eigenvalue weighted by molar-refractivity contribution is -0.133. The fourth-order valence-electron chi connectivity index (χ4n) is 2.50. The van der Waals surface area contributed by atoms with Crippen LogP contribution in [0.3, 0.4) is 0 Å². The molecule has 0 saturated carbocycles. The lowest BCUT2D eigenvalue weighted by Gasteiger charge is -2.07. The Hall–Kier alpha value is -3.26. The van der Waals surface area contributed by atoms with Crippen LogP contribution in [0.5, 0.6) is 0 Å². The number of alkyl halides is 3. The van der Waals surface area contributed by atoms with Crippen molar-refractivity contribution in [3.63, 3.8) is 0 Å². The highest BCUT2D eigenvalue weighted by atomic mass is 32.1. The third-order valence-electron chi connectivity index (χ3n) is 3.85. The normalized spacial score (nSPS) is 12.0. The van der Waals surface area contributed by atoms with Gasteiger partial charge in [0.15, 0.2) is 0 Å². The molecule has 0 spiro atoms. The van der Waals surface area contributed by atoms with Crippen LogP contribution in [0, 0.1) is 0 Å². The van der Waals surface area contributed by atoms with Crippen LogP contribution in [0.2, 0.25) is 0 Å². The van der Waals surface area contributed by atoms with E-state index in [0.717, 1.165) is 0 Å². The Labute approximate surface area is 162 Å². The third kappa shape index (κ3) is 4.17. The quantitative estimate of drug-likeness (QED) is 0.387. The van der Waals surface area contributed by atoms with E-state index in [9.17, 15) is 22.8 Å². The summed E-state index contributed by atoms with van der Waals surface area (Å²) in [6, 6.07) is 15.2. The molecule has 1 aromatic heterocycles. The van der Waals surface area contributed by atoms with Gasteiger partial charge in [-0.15, -0.1) is 11.3 Å². The summed E-state index contributed by atoms with van der Waals surface area (Å²) in [6.45, 7) is 0. The Kier molecular flexibility index (Phi) is 5.41. The first kappa shape index (κ1) is 19.5. The van der Waals surface area contributed by atoms with Gasteiger partial charge in [-0.2, -0.15) is 18.2 Å². The first-order valence-corrected chi connectivity index (χ1v) is 8.82. The van der Waals surface area contributed by atoms with E-state index in [2.05, 4.69) is 4.99 Å². The Morgan fingerprint density at radius 1 is 1.04 bits per heavy atom. The average molecular weight is 402 g/mol. The van der Waals surface area contributed by atoms with Crippen molar-refractivity contribution in [1.29, 1.82) is 0 Å². The number of halogens is 3. The van der Waals surface area contributed by atoms with Crippen LogP contribution < -0.4 is 5.73 Å². The number of rotatable bonds is 4. The lowest BCUT2D eigenvalue weighted by Crippen LogP contribution is -2.15. The smallest absolute Gasteiger partial charge is 0.383 e. The molecule has 4 nitrogen and oxygen atoms in total. The molecule has 8 heteroatoms. The number of benzene rings is 2.